The molecule has 0 saturated carbocycles. The van der Waals surface area contributed by atoms with Gasteiger partial charge < -0.3 is 5.11 Å². The number of rotatable bonds is 6. The smallest absolute Gasteiger partial charge is 0.335 e. The maximum atomic E-state index is 12.7. The molecule has 0 unspecified atom stereocenters. The molecule has 0 aliphatic heterocycles. The second-order valence-electron chi connectivity index (χ2n) is 5.11. The molecule has 0 heterocycles. The molecule has 0 spiro atoms. The molecule has 1 N–H and O–H groups in total. The van der Waals surface area contributed by atoms with E-state index >= 15 is 0 Å². The number of carboxylic acids is 1. The van der Waals surface area contributed by atoms with Crippen LogP contribution in [-0.4, -0.2) is 36.9 Å². The normalized spacial score (nSPS) is 11.7. The predicted molar refractivity (Wildman–Crippen MR) is 82.1 cm³/mol. The highest BCUT2D eigenvalue weighted by Crippen LogP contribution is 2.25. The van der Waals surface area contributed by atoms with Gasteiger partial charge in [0.1, 0.15) is 0 Å². The molecule has 5 nitrogen and oxygen atoms in total. The third-order valence-corrected chi connectivity index (χ3v) is 5.33. The highest BCUT2D eigenvalue weighted by atomic mass is 32.2. The summed E-state index contributed by atoms with van der Waals surface area (Å²) in [7, 11) is -3.75. The Morgan fingerprint density at radius 1 is 1.33 bits per heavy atom. The first-order valence-electron chi connectivity index (χ1n) is 6.60. The van der Waals surface area contributed by atoms with Crippen molar-refractivity contribution in [1.29, 1.82) is 0 Å². The molecule has 1 rings (SSSR count). The van der Waals surface area contributed by atoms with Crippen LogP contribution in [0.3, 0.4) is 0 Å². The van der Waals surface area contributed by atoms with E-state index in [0.29, 0.717) is 17.7 Å². The van der Waals surface area contributed by atoms with Gasteiger partial charge in [-0.3, -0.25) is 0 Å². The van der Waals surface area contributed by atoms with Crippen molar-refractivity contribution in [2.24, 2.45) is 0 Å². The van der Waals surface area contributed by atoms with E-state index in [1.54, 1.807) is 27.7 Å². The number of aryl methyl sites for hydroxylation is 1. The lowest BCUT2D eigenvalue weighted by atomic mass is 10.1. The largest absolute Gasteiger partial charge is 0.478 e. The third-order valence-electron chi connectivity index (χ3n) is 3.28. The number of aromatic carboxylic acids is 1. The number of hydrogen-bond acceptors (Lipinski definition) is 3. The standard InChI is InChI=1S/C15H21NO4S/c1-6-16(9-10(2)3)21(19,20)14-8-13(15(17)18)7-11(4)12(14)5/h7-8H,2,6,9H2,1,3-5H3,(H,17,18). The minimum atomic E-state index is -3.75. The summed E-state index contributed by atoms with van der Waals surface area (Å²) in [6.07, 6.45) is 0. The van der Waals surface area contributed by atoms with Gasteiger partial charge >= 0.3 is 5.97 Å². The Kier molecular flexibility index (Phi) is 5.31. The summed E-state index contributed by atoms with van der Waals surface area (Å²) >= 11 is 0. The van der Waals surface area contributed by atoms with Crippen molar-refractivity contribution >= 4 is 16.0 Å². The Hall–Kier alpha value is -1.66. The monoisotopic (exact) mass is 311 g/mol. The lowest BCUT2D eigenvalue weighted by molar-refractivity contribution is 0.0696. The van der Waals surface area contributed by atoms with Gasteiger partial charge in [-0.15, -0.1) is 0 Å². The van der Waals surface area contributed by atoms with E-state index in [9.17, 15) is 13.2 Å². The van der Waals surface area contributed by atoms with Crippen molar-refractivity contribution in [1.82, 2.24) is 4.31 Å². The summed E-state index contributed by atoms with van der Waals surface area (Å²) < 4.78 is 26.8. The molecule has 1 aromatic rings. The Labute approximate surface area is 126 Å². The van der Waals surface area contributed by atoms with Crippen LogP contribution in [0.2, 0.25) is 0 Å². The van der Waals surface area contributed by atoms with Gasteiger partial charge in [0.15, 0.2) is 0 Å². The molecule has 0 amide bonds. The van der Waals surface area contributed by atoms with Gasteiger partial charge in [-0.2, -0.15) is 4.31 Å². The molecule has 0 fully saturated rings. The van der Waals surface area contributed by atoms with Gasteiger partial charge in [-0.1, -0.05) is 19.1 Å². The van der Waals surface area contributed by atoms with E-state index in [2.05, 4.69) is 6.58 Å². The zero-order chi connectivity index (χ0) is 16.4. The quantitative estimate of drug-likeness (QED) is 0.819. The fourth-order valence-corrected chi connectivity index (χ4v) is 3.86. The fourth-order valence-electron chi connectivity index (χ4n) is 2.03. The molecule has 116 valence electrons. The topological polar surface area (TPSA) is 74.7 Å². The Morgan fingerprint density at radius 2 is 1.90 bits per heavy atom. The molecule has 0 atom stereocenters. The Morgan fingerprint density at radius 3 is 2.33 bits per heavy atom. The lowest BCUT2D eigenvalue weighted by Crippen LogP contribution is -2.33. The second-order valence-corrected chi connectivity index (χ2v) is 7.02. The first-order chi connectivity index (χ1) is 9.61. The lowest BCUT2D eigenvalue weighted by Gasteiger charge is -2.22. The summed E-state index contributed by atoms with van der Waals surface area (Å²) in [6.45, 7) is 11.1. The van der Waals surface area contributed by atoms with Crippen molar-refractivity contribution in [2.75, 3.05) is 13.1 Å². The minimum Gasteiger partial charge on any atom is -0.478 e. The molecule has 6 heteroatoms. The first-order valence-corrected chi connectivity index (χ1v) is 8.04. The minimum absolute atomic E-state index is 0.0250. The van der Waals surface area contributed by atoms with Crippen molar-refractivity contribution in [3.8, 4) is 0 Å². The van der Waals surface area contributed by atoms with E-state index < -0.39 is 16.0 Å². The molecular formula is C15H21NO4S. The van der Waals surface area contributed by atoms with E-state index in [0.717, 1.165) is 5.57 Å². The summed E-state index contributed by atoms with van der Waals surface area (Å²) in [6, 6.07) is 2.70. The van der Waals surface area contributed by atoms with Crippen LogP contribution in [0.1, 0.15) is 35.3 Å². The van der Waals surface area contributed by atoms with Crippen LogP contribution in [-0.2, 0) is 10.0 Å². The number of benzene rings is 1. The van der Waals surface area contributed by atoms with E-state index in [4.69, 9.17) is 5.11 Å². The molecule has 0 aliphatic carbocycles. The van der Waals surface area contributed by atoms with Crippen molar-refractivity contribution in [3.05, 3.63) is 41.0 Å². The zero-order valence-electron chi connectivity index (χ0n) is 12.8. The zero-order valence-corrected chi connectivity index (χ0v) is 13.6. The average molecular weight is 311 g/mol. The summed E-state index contributed by atoms with van der Waals surface area (Å²) in [5.41, 5.74) is 1.91. The van der Waals surface area contributed by atoms with Gasteiger partial charge in [0.25, 0.3) is 0 Å². The first kappa shape index (κ1) is 17.4. The van der Waals surface area contributed by atoms with Crippen molar-refractivity contribution in [2.45, 2.75) is 32.6 Å². The van der Waals surface area contributed by atoms with Crippen LogP contribution in [0.25, 0.3) is 0 Å². The van der Waals surface area contributed by atoms with Gasteiger partial charge in [0.2, 0.25) is 10.0 Å². The number of hydrogen-bond donors (Lipinski definition) is 1. The van der Waals surface area contributed by atoms with Crippen LogP contribution < -0.4 is 0 Å². The van der Waals surface area contributed by atoms with Crippen LogP contribution >= 0.6 is 0 Å². The maximum absolute atomic E-state index is 12.7. The summed E-state index contributed by atoms with van der Waals surface area (Å²) in [5, 5.41) is 9.11. The number of likely N-dealkylation sites (N-methyl/N-ethyl adjacent to an activating group) is 1. The highest BCUT2D eigenvalue weighted by Gasteiger charge is 2.26. The van der Waals surface area contributed by atoms with Gasteiger partial charge in [0, 0.05) is 13.1 Å². The van der Waals surface area contributed by atoms with Crippen molar-refractivity contribution in [3.63, 3.8) is 0 Å². The van der Waals surface area contributed by atoms with Gasteiger partial charge in [0.05, 0.1) is 10.5 Å². The molecular weight excluding hydrogens is 290 g/mol. The second kappa shape index (κ2) is 6.41. The highest BCUT2D eigenvalue weighted by molar-refractivity contribution is 7.89. The Balaban J connectivity index is 3.49. The maximum Gasteiger partial charge on any atom is 0.335 e. The molecule has 0 aliphatic rings. The van der Waals surface area contributed by atoms with Crippen LogP contribution in [0.15, 0.2) is 29.2 Å². The Bertz CT molecular complexity index is 677. The molecule has 0 aromatic heterocycles. The predicted octanol–water partition coefficient (Wildman–Crippen LogP) is 2.59. The SMILES string of the molecule is C=C(C)CN(CC)S(=O)(=O)c1cc(C(=O)O)cc(C)c1C. The molecule has 0 saturated heterocycles. The number of nitrogens with zero attached hydrogens (tertiary/aromatic N) is 1. The molecule has 1 aromatic carbocycles. The number of carbonyl (C=O) groups is 1. The molecule has 0 radical (unpaired) electrons. The number of sulfonamides is 1. The van der Waals surface area contributed by atoms with Gasteiger partial charge in [-0.25, -0.2) is 13.2 Å². The fraction of sp³-hybridized carbons (Fsp3) is 0.400. The van der Waals surface area contributed by atoms with Crippen LogP contribution in [0.5, 0.6) is 0 Å². The average Bonchev–Trinajstić information content (AvgIpc) is 2.37. The molecule has 0 bridgehead atoms. The summed E-state index contributed by atoms with van der Waals surface area (Å²) in [4.78, 5) is 11.2. The van der Waals surface area contributed by atoms with Gasteiger partial charge in [-0.05, 0) is 44.0 Å². The molecule has 21 heavy (non-hydrogen) atoms. The number of carboxylic acid groups (broad SMARTS) is 1. The van der Waals surface area contributed by atoms with Crippen molar-refractivity contribution < 1.29 is 18.3 Å². The van der Waals surface area contributed by atoms with Crippen LogP contribution in [0.4, 0.5) is 0 Å². The van der Waals surface area contributed by atoms with E-state index in [1.165, 1.54) is 16.4 Å². The van der Waals surface area contributed by atoms with E-state index in [1.807, 2.05) is 0 Å². The summed E-state index contributed by atoms with van der Waals surface area (Å²) in [5.74, 6) is -1.14. The third kappa shape index (κ3) is 3.71. The van der Waals surface area contributed by atoms with Crippen LogP contribution in [0, 0.1) is 13.8 Å². The van der Waals surface area contributed by atoms with E-state index in [-0.39, 0.29) is 17.0 Å².